The Morgan fingerprint density at radius 1 is 1.00 bits per heavy atom. The lowest BCUT2D eigenvalue weighted by molar-refractivity contribution is 0.394. The van der Waals surface area contributed by atoms with Gasteiger partial charge in [0.25, 0.3) is 0 Å². The van der Waals surface area contributed by atoms with Gasteiger partial charge < -0.3 is 5.73 Å². The molecule has 94 valence electrons. The molecule has 1 fully saturated rings. The Morgan fingerprint density at radius 2 is 1.61 bits per heavy atom. The molecule has 1 heteroatoms. The monoisotopic (exact) mass is 239 g/mol. The van der Waals surface area contributed by atoms with Crippen LogP contribution in [0.3, 0.4) is 0 Å². The molecule has 0 bridgehead atoms. The van der Waals surface area contributed by atoms with Crippen molar-refractivity contribution in [2.45, 2.75) is 44.6 Å². The third-order valence-corrected chi connectivity index (χ3v) is 4.64. The molecule has 0 atom stereocenters. The SMILES string of the molecule is Cc1ccc(C2(C(C)(C)N)CC2)c2ccccc12. The van der Waals surface area contributed by atoms with E-state index in [1.807, 2.05) is 0 Å². The lowest BCUT2D eigenvalue weighted by Gasteiger charge is -2.32. The van der Waals surface area contributed by atoms with E-state index in [0.29, 0.717) is 0 Å². The zero-order valence-corrected chi connectivity index (χ0v) is 11.5. The van der Waals surface area contributed by atoms with Gasteiger partial charge in [0.2, 0.25) is 0 Å². The van der Waals surface area contributed by atoms with Crippen LogP contribution < -0.4 is 5.73 Å². The summed E-state index contributed by atoms with van der Waals surface area (Å²) in [7, 11) is 0. The van der Waals surface area contributed by atoms with E-state index in [-0.39, 0.29) is 11.0 Å². The minimum Gasteiger partial charge on any atom is -0.325 e. The molecule has 0 spiro atoms. The van der Waals surface area contributed by atoms with Gasteiger partial charge in [-0.05, 0) is 55.5 Å². The largest absolute Gasteiger partial charge is 0.325 e. The van der Waals surface area contributed by atoms with Crippen molar-refractivity contribution in [1.29, 1.82) is 0 Å². The maximum Gasteiger partial charge on any atom is 0.0195 e. The highest BCUT2D eigenvalue weighted by atomic mass is 14.8. The molecule has 2 aromatic carbocycles. The van der Waals surface area contributed by atoms with Crippen LogP contribution in [0.4, 0.5) is 0 Å². The van der Waals surface area contributed by atoms with E-state index in [0.717, 1.165) is 0 Å². The maximum absolute atomic E-state index is 6.44. The Labute approximate surface area is 109 Å². The smallest absolute Gasteiger partial charge is 0.0195 e. The first-order valence-electron chi connectivity index (χ1n) is 6.73. The second kappa shape index (κ2) is 3.58. The average molecular weight is 239 g/mol. The molecular formula is C17H21N. The molecule has 1 aliphatic carbocycles. The first kappa shape index (κ1) is 11.7. The average Bonchev–Trinajstić information content (AvgIpc) is 3.10. The molecule has 3 rings (SSSR count). The van der Waals surface area contributed by atoms with Crippen molar-refractivity contribution < 1.29 is 0 Å². The van der Waals surface area contributed by atoms with Gasteiger partial charge in [0.15, 0.2) is 0 Å². The second-order valence-corrected chi connectivity index (χ2v) is 6.28. The topological polar surface area (TPSA) is 26.0 Å². The summed E-state index contributed by atoms with van der Waals surface area (Å²) in [6.45, 7) is 6.50. The molecule has 0 amide bonds. The van der Waals surface area contributed by atoms with E-state index in [1.165, 1.54) is 34.7 Å². The van der Waals surface area contributed by atoms with Gasteiger partial charge in [-0.2, -0.15) is 0 Å². The van der Waals surface area contributed by atoms with Gasteiger partial charge in [-0.15, -0.1) is 0 Å². The zero-order chi connectivity index (χ0) is 13.0. The van der Waals surface area contributed by atoms with Crippen LogP contribution in [0.15, 0.2) is 36.4 Å². The van der Waals surface area contributed by atoms with Crippen LogP contribution in [0.5, 0.6) is 0 Å². The normalized spacial score (nSPS) is 18.0. The molecule has 0 aromatic heterocycles. The van der Waals surface area contributed by atoms with E-state index in [4.69, 9.17) is 5.73 Å². The molecule has 18 heavy (non-hydrogen) atoms. The Morgan fingerprint density at radius 3 is 2.17 bits per heavy atom. The van der Waals surface area contributed by atoms with E-state index >= 15 is 0 Å². The van der Waals surface area contributed by atoms with Crippen LogP contribution in [0, 0.1) is 6.92 Å². The minimum atomic E-state index is -0.148. The third-order valence-electron chi connectivity index (χ3n) is 4.64. The van der Waals surface area contributed by atoms with Crippen molar-refractivity contribution in [3.63, 3.8) is 0 Å². The van der Waals surface area contributed by atoms with Gasteiger partial charge in [-0.1, -0.05) is 36.4 Å². The Balaban J connectivity index is 2.29. The first-order chi connectivity index (χ1) is 8.46. The van der Waals surface area contributed by atoms with Crippen molar-refractivity contribution >= 4 is 10.8 Å². The molecule has 0 unspecified atom stereocenters. The van der Waals surface area contributed by atoms with Crippen molar-refractivity contribution in [2.24, 2.45) is 5.73 Å². The number of fused-ring (bicyclic) bond motifs is 1. The second-order valence-electron chi connectivity index (χ2n) is 6.28. The van der Waals surface area contributed by atoms with Crippen molar-refractivity contribution in [3.05, 3.63) is 47.5 Å². The number of nitrogens with two attached hydrogens (primary N) is 1. The number of hydrogen-bond donors (Lipinski definition) is 1. The van der Waals surface area contributed by atoms with Crippen LogP contribution in [0.2, 0.25) is 0 Å². The van der Waals surface area contributed by atoms with Crippen molar-refractivity contribution in [2.75, 3.05) is 0 Å². The predicted molar refractivity (Wildman–Crippen MR) is 77.9 cm³/mol. The van der Waals surface area contributed by atoms with Gasteiger partial charge in [0.05, 0.1) is 0 Å². The molecule has 2 aromatic rings. The van der Waals surface area contributed by atoms with Crippen LogP contribution in [-0.4, -0.2) is 5.54 Å². The summed E-state index contributed by atoms with van der Waals surface area (Å²) in [5, 5.41) is 2.75. The highest BCUT2D eigenvalue weighted by molar-refractivity contribution is 5.90. The summed E-state index contributed by atoms with van der Waals surface area (Å²) in [4.78, 5) is 0. The Hall–Kier alpha value is -1.34. The number of aryl methyl sites for hydroxylation is 1. The molecule has 0 saturated heterocycles. The van der Waals surface area contributed by atoms with E-state index < -0.39 is 0 Å². The van der Waals surface area contributed by atoms with Gasteiger partial charge >= 0.3 is 0 Å². The van der Waals surface area contributed by atoms with Crippen LogP contribution in [0.1, 0.15) is 37.8 Å². The molecule has 1 aliphatic rings. The number of hydrogen-bond acceptors (Lipinski definition) is 1. The third kappa shape index (κ3) is 1.50. The molecule has 0 aliphatic heterocycles. The molecule has 0 heterocycles. The van der Waals surface area contributed by atoms with Crippen LogP contribution in [-0.2, 0) is 5.41 Å². The van der Waals surface area contributed by atoms with E-state index in [2.05, 4.69) is 57.2 Å². The van der Waals surface area contributed by atoms with Crippen molar-refractivity contribution in [1.82, 2.24) is 0 Å². The zero-order valence-electron chi connectivity index (χ0n) is 11.5. The molecule has 1 nitrogen and oxygen atoms in total. The van der Waals surface area contributed by atoms with Gasteiger partial charge in [0.1, 0.15) is 0 Å². The fraction of sp³-hybridized carbons (Fsp3) is 0.412. The summed E-state index contributed by atoms with van der Waals surface area (Å²) < 4.78 is 0. The summed E-state index contributed by atoms with van der Waals surface area (Å²) in [6.07, 6.45) is 2.42. The Bertz CT molecular complexity index is 601. The van der Waals surface area contributed by atoms with Crippen LogP contribution in [0.25, 0.3) is 10.8 Å². The van der Waals surface area contributed by atoms with Gasteiger partial charge in [0, 0.05) is 11.0 Å². The maximum atomic E-state index is 6.44. The standard InChI is InChI=1S/C17H21N/c1-12-8-9-15(14-7-5-4-6-13(12)14)17(10-11-17)16(2,3)18/h4-9H,10-11,18H2,1-3H3. The molecule has 1 saturated carbocycles. The highest BCUT2D eigenvalue weighted by Gasteiger charge is 2.54. The van der Waals surface area contributed by atoms with Gasteiger partial charge in [-0.3, -0.25) is 0 Å². The summed E-state index contributed by atoms with van der Waals surface area (Å²) in [6, 6.07) is 13.2. The van der Waals surface area contributed by atoms with E-state index in [9.17, 15) is 0 Å². The summed E-state index contributed by atoms with van der Waals surface area (Å²) >= 11 is 0. The number of benzene rings is 2. The van der Waals surface area contributed by atoms with Gasteiger partial charge in [-0.25, -0.2) is 0 Å². The van der Waals surface area contributed by atoms with Crippen molar-refractivity contribution in [3.8, 4) is 0 Å². The first-order valence-corrected chi connectivity index (χ1v) is 6.73. The fourth-order valence-corrected chi connectivity index (χ4v) is 3.25. The quantitative estimate of drug-likeness (QED) is 0.844. The molecule has 2 N–H and O–H groups in total. The lowest BCUT2D eigenvalue weighted by Crippen LogP contribution is -2.45. The fourth-order valence-electron chi connectivity index (χ4n) is 3.25. The summed E-state index contributed by atoms with van der Waals surface area (Å²) in [5.41, 5.74) is 9.26. The predicted octanol–water partition coefficient (Wildman–Crippen LogP) is 3.92. The Kier molecular flexibility index (Phi) is 2.33. The number of rotatable bonds is 2. The van der Waals surface area contributed by atoms with E-state index in [1.54, 1.807) is 0 Å². The highest BCUT2D eigenvalue weighted by Crippen LogP contribution is 2.56. The lowest BCUT2D eigenvalue weighted by atomic mass is 9.77. The summed E-state index contributed by atoms with van der Waals surface area (Å²) in [5.74, 6) is 0. The van der Waals surface area contributed by atoms with Crippen LogP contribution >= 0.6 is 0 Å². The molecular weight excluding hydrogens is 218 g/mol. The minimum absolute atomic E-state index is 0.148. The molecule has 0 radical (unpaired) electrons.